The summed E-state index contributed by atoms with van der Waals surface area (Å²) in [6.07, 6.45) is -0.321. The van der Waals surface area contributed by atoms with Gasteiger partial charge in [0.05, 0.1) is 13.0 Å². The predicted octanol–water partition coefficient (Wildman–Crippen LogP) is 0.123. The molecule has 9 heteroatoms. The van der Waals surface area contributed by atoms with Crippen molar-refractivity contribution >= 4 is 29.3 Å². The average Bonchev–Trinajstić information content (AvgIpc) is 2.65. The van der Waals surface area contributed by atoms with Crippen LogP contribution in [-0.4, -0.2) is 48.0 Å². The first-order chi connectivity index (χ1) is 13.3. The van der Waals surface area contributed by atoms with E-state index in [-0.39, 0.29) is 37.6 Å². The van der Waals surface area contributed by atoms with E-state index in [0.29, 0.717) is 11.3 Å². The van der Waals surface area contributed by atoms with Gasteiger partial charge in [-0.15, -0.1) is 0 Å². The van der Waals surface area contributed by atoms with E-state index in [1.165, 1.54) is 0 Å². The maximum absolute atomic E-state index is 12.0. The molecule has 1 atom stereocenters. The summed E-state index contributed by atoms with van der Waals surface area (Å²) >= 11 is 0. The summed E-state index contributed by atoms with van der Waals surface area (Å²) in [5.74, 6) is 3.55. The topological polar surface area (TPSA) is 155 Å². The smallest absolute Gasteiger partial charge is 0.308 e. The van der Waals surface area contributed by atoms with Crippen molar-refractivity contribution in [2.24, 2.45) is 5.73 Å². The number of carbonyl (C=O) groups excluding carboxylic acids is 3. The predicted molar refractivity (Wildman–Crippen MR) is 103 cm³/mol. The Morgan fingerprint density at radius 2 is 1.86 bits per heavy atom. The van der Waals surface area contributed by atoms with Gasteiger partial charge in [-0.3, -0.25) is 19.8 Å². The van der Waals surface area contributed by atoms with Gasteiger partial charge < -0.3 is 26.2 Å². The summed E-state index contributed by atoms with van der Waals surface area (Å²) in [6.45, 7) is 1.47. The second-order valence-electron chi connectivity index (χ2n) is 5.65. The van der Waals surface area contributed by atoms with Crippen molar-refractivity contribution in [3.8, 4) is 11.8 Å². The van der Waals surface area contributed by atoms with E-state index in [2.05, 4.69) is 22.5 Å². The van der Waals surface area contributed by atoms with Crippen LogP contribution in [0.1, 0.15) is 31.7 Å². The van der Waals surface area contributed by atoms with Gasteiger partial charge in [0.2, 0.25) is 11.8 Å². The number of rotatable bonds is 9. The molecule has 6 N–H and O–H groups in total. The van der Waals surface area contributed by atoms with Crippen molar-refractivity contribution in [2.45, 2.75) is 32.2 Å². The average molecular weight is 388 g/mol. The minimum Gasteiger partial charge on any atom is -0.466 e. The molecule has 0 aliphatic rings. The third-order valence-corrected chi connectivity index (χ3v) is 3.43. The zero-order valence-corrected chi connectivity index (χ0v) is 15.6. The van der Waals surface area contributed by atoms with Crippen LogP contribution in [0.2, 0.25) is 0 Å². The van der Waals surface area contributed by atoms with Crippen LogP contribution in [0, 0.1) is 17.3 Å². The van der Waals surface area contributed by atoms with Crippen LogP contribution in [0.15, 0.2) is 24.3 Å². The molecule has 0 fully saturated rings. The van der Waals surface area contributed by atoms with Crippen molar-refractivity contribution in [3.05, 3.63) is 29.8 Å². The minimum absolute atomic E-state index is 0.0696. The Morgan fingerprint density at radius 1 is 1.21 bits per heavy atom. The van der Waals surface area contributed by atoms with E-state index < -0.39 is 24.5 Å². The third-order valence-electron chi connectivity index (χ3n) is 3.43. The molecule has 0 aliphatic carbocycles. The number of hydrogen-bond donors (Lipinski definition) is 5. The van der Waals surface area contributed by atoms with Gasteiger partial charge in [-0.2, -0.15) is 0 Å². The monoisotopic (exact) mass is 388 g/mol. The fraction of sp³-hybridized carbons (Fsp3) is 0.368. The summed E-state index contributed by atoms with van der Waals surface area (Å²) in [5.41, 5.74) is 6.42. The van der Waals surface area contributed by atoms with Gasteiger partial charge in [0.1, 0.15) is 18.5 Å². The van der Waals surface area contributed by atoms with Crippen molar-refractivity contribution in [1.29, 1.82) is 5.41 Å². The number of benzene rings is 1. The quantitative estimate of drug-likeness (QED) is 0.175. The molecule has 1 aromatic rings. The second-order valence-corrected chi connectivity index (χ2v) is 5.65. The lowest BCUT2D eigenvalue weighted by molar-refractivity contribution is -0.143. The maximum atomic E-state index is 12.0. The molecule has 1 rings (SSSR count). The van der Waals surface area contributed by atoms with Gasteiger partial charge in [0, 0.05) is 24.1 Å². The van der Waals surface area contributed by atoms with Gasteiger partial charge in [-0.1, -0.05) is 11.8 Å². The van der Waals surface area contributed by atoms with Gasteiger partial charge in [0.25, 0.3) is 0 Å². The molecule has 0 heterocycles. The maximum Gasteiger partial charge on any atom is 0.308 e. The molecule has 0 saturated carbocycles. The number of amides is 2. The van der Waals surface area contributed by atoms with Crippen molar-refractivity contribution in [1.82, 2.24) is 5.32 Å². The van der Waals surface area contributed by atoms with Crippen LogP contribution < -0.4 is 16.4 Å². The van der Waals surface area contributed by atoms with Gasteiger partial charge >= 0.3 is 5.97 Å². The first-order valence-electron chi connectivity index (χ1n) is 8.64. The Labute approximate surface area is 163 Å². The number of hydrogen-bond acceptors (Lipinski definition) is 6. The molecule has 2 amide bonds. The highest BCUT2D eigenvalue weighted by molar-refractivity contribution is 5.96. The Bertz CT molecular complexity index is 765. The minimum atomic E-state index is -0.805. The van der Waals surface area contributed by atoms with Crippen molar-refractivity contribution < 1.29 is 24.2 Å². The van der Waals surface area contributed by atoms with Crippen LogP contribution in [-0.2, 0) is 19.1 Å². The van der Waals surface area contributed by atoms with Gasteiger partial charge in [-0.05, 0) is 31.2 Å². The summed E-state index contributed by atoms with van der Waals surface area (Å²) in [6, 6.07) is 5.61. The molecular weight excluding hydrogens is 364 g/mol. The number of amidine groups is 1. The van der Waals surface area contributed by atoms with Crippen LogP contribution in [0.3, 0.4) is 0 Å². The zero-order chi connectivity index (χ0) is 20.9. The number of aliphatic hydroxyl groups excluding tert-OH is 1. The summed E-state index contributed by atoms with van der Waals surface area (Å²) in [5, 5.41) is 21.3. The van der Waals surface area contributed by atoms with E-state index in [1.54, 1.807) is 31.2 Å². The Morgan fingerprint density at radius 3 is 2.43 bits per heavy atom. The second kappa shape index (κ2) is 12.1. The van der Waals surface area contributed by atoms with E-state index in [9.17, 15) is 14.4 Å². The molecule has 0 spiro atoms. The fourth-order valence-corrected chi connectivity index (χ4v) is 2.14. The molecule has 150 valence electrons. The van der Waals surface area contributed by atoms with Gasteiger partial charge in [-0.25, -0.2) is 0 Å². The van der Waals surface area contributed by atoms with E-state index in [1.807, 2.05) is 0 Å². The van der Waals surface area contributed by atoms with Crippen LogP contribution in [0.4, 0.5) is 5.69 Å². The molecule has 0 radical (unpaired) electrons. The molecule has 0 bridgehead atoms. The van der Waals surface area contributed by atoms with Crippen LogP contribution in [0.25, 0.3) is 0 Å². The van der Waals surface area contributed by atoms with Crippen LogP contribution in [0.5, 0.6) is 0 Å². The standard InChI is InChI=1S/C19H24N4O5/c1-2-28-18(27)12-15(4-3-11-24)23-17(26)10-9-16(25)22-14-7-5-13(6-8-14)19(20)21/h5-8,15,24H,2,9-12H2,1H3,(H3,20,21)(H,22,25)(H,23,26). The molecular formula is C19H24N4O5. The summed E-state index contributed by atoms with van der Waals surface area (Å²) < 4.78 is 4.82. The zero-order valence-electron chi connectivity index (χ0n) is 15.6. The number of carbonyl (C=O) groups is 3. The largest absolute Gasteiger partial charge is 0.466 e. The van der Waals surface area contributed by atoms with Crippen molar-refractivity contribution in [3.63, 3.8) is 0 Å². The highest BCUT2D eigenvalue weighted by Crippen LogP contribution is 2.10. The highest BCUT2D eigenvalue weighted by Gasteiger charge is 2.16. The first-order valence-corrected chi connectivity index (χ1v) is 8.64. The molecule has 0 saturated heterocycles. The SMILES string of the molecule is CCOC(=O)CC(C#CCO)NC(=O)CCC(=O)Nc1ccc(C(=N)N)cc1. The Balaban J connectivity index is 2.50. The van der Waals surface area contributed by atoms with Crippen molar-refractivity contribution in [2.75, 3.05) is 18.5 Å². The lowest BCUT2D eigenvalue weighted by atomic mass is 10.1. The number of nitrogens with one attached hydrogen (secondary N) is 3. The molecule has 28 heavy (non-hydrogen) atoms. The molecule has 1 aromatic carbocycles. The summed E-state index contributed by atoms with van der Waals surface area (Å²) in [7, 11) is 0. The normalized spacial score (nSPS) is 10.8. The number of aliphatic hydroxyl groups is 1. The first kappa shape index (κ1) is 22.7. The Kier molecular flexibility index (Phi) is 9.78. The molecule has 1 unspecified atom stereocenters. The number of nitrogens with two attached hydrogens (primary N) is 1. The lowest BCUT2D eigenvalue weighted by Gasteiger charge is -2.12. The Hall–Kier alpha value is -3.38. The fourth-order valence-electron chi connectivity index (χ4n) is 2.14. The van der Waals surface area contributed by atoms with E-state index in [4.69, 9.17) is 21.0 Å². The number of ether oxygens (including phenoxy) is 1. The highest BCUT2D eigenvalue weighted by atomic mass is 16.5. The number of nitrogen functional groups attached to an aromatic ring is 1. The molecule has 0 aromatic heterocycles. The lowest BCUT2D eigenvalue weighted by Crippen LogP contribution is -2.36. The van der Waals surface area contributed by atoms with E-state index >= 15 is 0 Å². The van der Waals surface area contributed by atoms with E-state index in [0.717, 1.165) is 0 Å². The molecule has 0 aliphatic heterocycles. The molecule has 9 nitrogen and oxygen atoms in total. The third kappa shape index (κ3) is 8.82. The summed E-state index contributed by atoms with van der Waals surface area (Å²) in [4.78, 5) is 35.5. The van der Waals surface area contributed by atoms with Crippen LogP contribution >= 0.6 is 0 Å². The number of anilines is 1. The van der Waals surface area contributed by atoms with Gasteiger partial charge in [0.15, 0.2) is 0 Å². The number of esters is 1.